The molecule has 4 aromatic rings. The first-order chi connectivity index (χ1) is 13.3. The molecular weight excluding hydrogens is 370 g/mol. The van der Waals surface area contributed by atoms with Crippen LogP contribution in [0.15, 0.2) is 78.9 Å². The van der Waals surface area contributed by atoms with Crippen molar-refractivity contribution in [3.8, 4) is 5.75 Å². The van der Waals surface area contributed by atoms with Crippen LogP contribution in [0.4, 0.5) is 0 Å². The first-order valence-electron chi connectivity index (χ1n) is 9.17. The Morgan fingerprint density at radius 2 is 1.57 bits per heavy atom. The molecule has 3 aromatic carbocycles. The lowest BCUT2D eigenvalue weighted by Crippen LogP contribution is -2.16. The van der Waals surface area contributed by atoms with E-state index in [0.717, 1.165) is 34.7 Å². The van der Waals surface area contributed by atoms with Crippen LogP contribution < -0.4 is 10.1 Å². The molecule has 0 unspecified atom stereocenters. The van der Waals surface area contributed by atoms with Gasteiger partial charge in [0.2, 0.25) is 0 Å². The number of aromatic nitrogens is 2. The average Bonchev–Trinajstić information content (AvgIpc) is 3.04. The Morgan fingerprint density at radius 3 is 2.39 bits per heavy atom. The van der Waals surface area contributed by atoms with Crippen LogP contribution in [0, 0.1) is 0 Å². The first kappa shape index (κ1) is 19.9. The molecule has 0 bridgehead atoms. The van der Waals surface area contributed by atoms with E-state index in [4.69, 9.17) is 9.72 Å². The molecule has 28 heavy (non-hydrogen) atoms. The molecule has 5 heteroatoms. The van der Waals surface area contributed by atoms with Crippen LogP contribution in [-0.2, 0) is 26.7 Å². The number of imidazole rings is 1. The third-order valence-corrected chi connectivity index (χ3v) is 4.69. The summed E-state index contributed by atoms with van der Waals surface area (Å²) in [5.74, 6) is 1.94. The molecule has 0 saturated heterocycles. The van der Waals surface area contributed by atoms with Crippen molar-refractivity contribution in [3.05, 3.63) is 95.8 Å². The number of fused-ring (bicyclic) bond motifs is 1. The van der Waals surface area contributed by atoms with Crippen molar-refractivity contribution in [1.29, 1.82) is 0 Å². The topological polar surface area (TPSA) is 39.1 Å². The molecule has 4 rings (SSSR count). The maximum Gasteiger partial charge on any atom is 0.124 e. The highest BCUT2D eigenvalue weighted by Gasteiger charge is 2.08. The molecule has 0 amide bonds. The van der Waals surface area contributed by atoms with Crippen LogP contribution in [0.3, 0.4) is 0 Å². The van der Waals surface area contributed by atoms with Gasteiger partial charge in [0, 0.05) is 19.2 Å². The van der Waals surface area contributed by atoms with Gasteiger partial charge in [-0.1, -0.05) is 60.7 Å². The maximum atomic E-state index is 6.04. The summed E-state index contributed by atoms with van der Waals surface area (Å²) >= 11 is 0. The number of para-hydroxylation sites is 3. The van der Waals surface area contributed by atoms with E-state index in [0.29, 0.717) is 13.2 Å². The second-order valence-corrected chi connectivity index (χ2v) is 6.56. The number of ether oxygens (including phenoxy) is 1. The van der Waals surface area contributed by atoms with Gasteiger partial charge in [-0.3, -0.25) is 0 Å². The molecule has 1 aromatic heterocycles. The maximum absolute atomic E-state index is 6.04. The van der Waals surface area contributed by atoms with Crippen molar-refractivity contribution in [2.45, 2.75) is 19.7 Å². The van der Waals surface area contributed by atoms with E-state index < -0.39 is 0 Å². The van der Waals surface area contributed by atoms with Gasteiger partial charge in [0.1, 0.15) is 18.2 Å². The van der Waals surface area contributed by atoms with Gasteiger partial charge < -0.3 is 14.6 Å². The second-order valence-electron chi connectivity index (χ2n) is 6.56. The summed E-state index contributed by atoms with van der Waals surface area (Å²) in [6.07, 6.45) is 0. The van der Waals surface area contributed by atoms with Crippen LogP contribution >= 0.6 is 12.4 Å². The molecule has 0 atom stereocenters. The van der Waals surface area contributed by atoms with Crippen molar-refractivity contribution >= 4 is 23.4 Å². The molecule has 0 radical (unpaired) electrons. The van der Waals surface area contributed by atoms with E-state index in [9.17, 15) is 0 Å². The highest BCUT2D eigenvalue weighted by atomic mass is 35.5. The Hall–Kier alpha value is -2.82. The van der Waals surface area contributed by atoms with Gasteiger partial charge >= 0.3 is 0 Å². The van der Waals surface area contributed by atoms with E-state index in [1.54, 1.807) is 0 Å². The van der Waals surface area contributed by atoms with Gasteiger partial charge in [0.15, 0.2) is 0 Å². The fourth-order valence-corrected chi connectivity index (χ4v) is 3.19. The molecule has 0 saturated carbocycles. The van der Waals surface area contributed by atoms with Gasteiger partial charge in [0.05, 0.1) is 17.6 Å². The second kappa shape index (κ2) is 9.40. The minimum absolute atomic E-state index is 0. The average molecular weight is 394 g/mol. The molecule has 1 heterocycles. The normalized spacial score (nSPS) is 10.6. The summed E-state index contributed by atoms with van der Waals surface area (Å²) < 4.78 is 8.18. The third-order valence-electron chi connectivity index (χ3n) is 4.69. The molecule has 144 valence electrons. The summed E-state index contributed by atoms with van der Waals surface area (Å²) in [6, 6.07) is 26.6. The van der Waals surface area contributed by atoms with E-state index in [-0.39, 0.29) is 12.4 Å². The molecule has 0 aliphatic carbocycles. The van der Waals surface area contributed by atoms with Crippen LogP contribution in [0.25, 0.3) is 11.0 Å². The largest absolute Gasteiger partial charge is 0.489 e. The first-order valence-corrected chi connectivity index (χ1v) is 9.17. The SMILES string of the molecule is Cl.Cn1c(CNCc2ccccc2OCc2ccccc2)nc2ccccc21. The number of benzene rings is 3. The van der Waals surface area contributed by atoms with E-state index in [1.165, 1.54) is 5.56 Å². The molecule has 0 aliphatic rings. The lowest BCUT2D eigenvalue weighted by molar-refractivity contribution is 0.302. The number of hydrogen-bond donors (Lipinski definition) is 1. The fraction of sp³-hybridized carbons (Fsp3) is 0.174. The van der Waals surface area contributed by atoms with E-state index in [1.807, 2.05) is 54.6 Å². The summed E-state index contributed by atoms with van der Waals surface area (Å²) in [6.45, 7) is 2.01. The summed E-state index contributed by atoms with van der Waals surface area (Å²) in [5.41, 5.74) is 4.50. The predicted octanol–water partition coefficient (Wildman–Crippen LogP) is 4.86. The standard InChI is InChI=1S/C23H23N3O.ClH/c1-26-21-13-7-6-12-20(21)25-23(26)16-24-15-19-11-5-8-14-22(19)27-17-18-9-3-2-4-10-18;/h2-14,24H,15-17H2,1H3;1H. The number of aryl methyl sites for hydroxylation is 1. The summed E-state index contributed by atoms with van der Waals surface area (Å²) in [4.78, 5) is 4.71. The van der Waals surface area contributed by atoms with E-state index >= 15 is 0 Å². The van der Waals surface area contributed by atoms with Crippen molar-refractivity contribution in [3.63, 3.8) is 0 Å². The van der Waals surface area contributed by atoms with Gasteiger partial charge in [-0.05, 0) is 23.8 Å². The van der Waals surface area contributed by atoms with Crippen LogP contribution in [-0.4, -0.2) is 9.55 Å². The highest BCUT2D eigenvalue weighted by Crippen LogP contribution is 2.20. The minimum atomic E-state index is 0. The fourth-order valence-electron chi connectivity index (χ4n) is 3.19. The Morgan fingerprint density at radius 1 is 0.857 bits per heavy atom. The monoisotopic (exact) mass is 393 g/mol. The zero-order valence-electron chi connectivity index (χ0n) is 15.8. The van der Waals surface area contributed by atoms with Gasteiger partial charge in [-0.2, -0.15) is 0 Å². The lowest BCUT2D eigenvalue weighted by atomic mass is 10.2. The molecule has 0 aliphatic heterocycles. The van der Waals surface area contributed by atoms with Crippen LogP contribution in [0.2, 0.25) is 0 Å². The highest BCUT2D eigenvalue weighted by molar-refractivity contribution is 5.85. The van der Waals surface area contributed by atoms with Crippen molar-refractivity contribution < 1.29 is 4.74 Å². The molecule has 0 spiro atoms. The van der Waals surface area contributed by atoms with Crippen molar-refractivity contribution in [1.82, 2.24) is 14.9 Å². The Labute approximate surface area is 171 Å². The Kier molecular flexibility index (Phi) is 6.69. The number of hydrogen-bond acceptors (Lipinski definition) is 3. The van der Waals surface area contributed by atoms with Gasteiger partial charge in [0.25, 0.3) is 0 Å². The number of rotatable bonds is 7. The Balaban J connectivity index is 0.00000225. The smallest absolute Gasteiger partial charge is 0.124 e. The van der Waals surface area contributed by atoms with Crippen LogP contribution in [0.5, 0.6) is 5.75 Å². The Bertz CT molecular complexity index is 1030. The molecule has 0 fully saturated rings. The van der Waals surface area contributed by atoms with E-state index in [2.05, 4.69) is 41.2 Å². The number of nitrogens with one attached hydrogen (secondary N) is 1. The van der Waals surface area contributed by atoms with Gasteiger partial charge in [-0.15, -0.1) is 12.4 Å². The number of halogens is 1. The number of nitrogens with zero attached hydrogens (tertiary/aromatic N) is 2. The lowest BCUT2D eigenvalue weighted by Gasteiger charge is -2.12. The van der Waals surface area contributed by atoms with Crippen molar-refractivity contribution in [2.75, 3.05) is 0 Å². The minimum Gasteiger partial charge on any atom is -0.489 e. The quantitative estimate of drug-likeness (QED) is 0.487. The summed E-state index contributed by atoms with van der Waals surface area (Å²) in [5, 5.41) is 3.50. The third kappa shape index (κ3) is 4.53. The van der Waals surface area contributed by atoms with Gasteiger partial charge in [-0.25, -0.2) is 4.98 Å². The predicted molar refractivity (Wildman–Crippen MR) is 116 cm³/mol. The van der Waals surface area contributed by atoms with Crippen LogP contribution in [0.1, 0.15) is 17.0 Å². The molecular formula is C23H24ClN3O. The zero-order valence-corrected chi connectivity index (χ0v) is 16.7. The van der Waals surface area contributed by atoms with Crippen molar-refractivity contribution in [2.24, 2.45) is 7.05 Å². The zero-order chi connectivity index (χ0) is 18.5. The molecule has 1 N–H and O–H groups in total. The molecule has 4 nitrogen and oxygen atoms in total. The summed E-state index contributed by atoms with van der Waals surface area (Å²) in [7, 11) is 2.06.